The lowest BCUT2D eigenvalue weighted by molar-refractivity contribution is 0.656. The lowest BCUT2D eigenvalue weighted by Gasteiger charge is -2.09. The highest BCUT2D eigenvalue weighted by Crippen LogP contribution is 2.21. The minimum atomic E-state index is 0.552. The van der Waals surface area contributed by atoms with Gasteiger partial charge in [-0.1, -0.05) is 35.5 Å². The van der Waals surface area contributed by atoms with Gasteiger partial charge in [-0.05, 0) is 24.3 Å². The zero-order valence-electron chi connectivity index (χ0n) is 11.3. The lowest BCUT2D eigenvalue weighted by atomic mass is 10.2. The third-order valence-electron chi connectivity index (χ3n) is 3.47. The van der Waals surface area contributed by atoms with E-state index in [1.165, 1.54) is 0 Å². The second-order valence-electron chi connectivity index (χ2n) is 4.79. The first-order valence-corrected chi connectivity index (χ1v) is 6.78. The van der Waals surface area contributed by atoms with Crippen molar-refractivity contribution in [1.82, 2.24) is 20.0 Å². The molecule has 1 N–H and O–H groups in total. The fraction of sp³-hybridized carbons (Fsp3) is 0.0625. The molecule has 2 heterocycles. The van der Waals surface area contributed by atoms with Crippen LogP contribution in [-0.2, 0) is 6.67 Å². The lowest BCUT2D eigenvalue weighted by Crippen LogP contribution is -2.09. The average molecular weight is 275 g/mol. The van der Waals surface area contributed by atoms with Crippen LogP contribution in [0.25, 0.3) is 21.9 Å². The Morgan fingerprint density at radius 3 is 2.86 bits per heavy atom. The Kier molecular flexibility index (Phi) is 2.74. The Bertz CT molecular complexity index is 907. The van der Waals surface area contributed by atoms with Crippen LogP contribution in [0.15, 0.2) is 60.8 Å². The van der Waals surface area contributed by atoms with Crippen molar-refractivity contribution in [3.05, 3.63) is 60.8 Å². The molecule has 4 aromatic rings. The minimum absolute atomic E-state index is 0.552. The quantitative estimate of drug-likeness (QED) is 0.624. The van der Waals surface area contributed by atoms with E-state index in [1.807, 2.05) is 47.1 Å². The summed E-state index contributed by atoms with van der Waals surface area (Å²) in [5, 5.41) is 12.8. The Morgan fingerprint density at radius 1 is 0.952 bits per heavy atom. The smallest absolute Gasteiger partial charge is 0.113 e. The number of hydrogen-bond donors (Lipinski definition) is 1. The second kappa shape index (κ2) is 4.86. The number of fused-ring (bicyclic) bond motifs is 2. The molecule has 0 unspecified atom stereocenters. The fourth-order valence-electron chi connectivity index (χ4n) is 2.44. The van der Waals surface area contributed by atoms with Crippen molar-refractivity contribution in [2.45, 2.75) is 6.67 Å². The molecule has 0 saturated heterocycles. The molecule has 5 heteroatoms. The van der Waals surface area contributed by atoms with Crippen LogP contribution >= 0.6 is 0 Å². The Labute approximate surface area is 121 Å². The third kappa shape index (κ3) is 2.08. The summed E-state index contributed by atoms with van der Waals surface area (Å²) in [5.41, 5.74) is 3.87. The predicted octanol–water partition coefficient (Wildman–Crippen LogP) is 3.05. The van der Waals surface area contributed by atoms with Gasteiger partial charge in [0.15, 0.2) is 0 Å². The van der Waals surface area contributed by atoms with Crippen molar-refractivity contribution in [1.29, 1.82) is 0 Å². The van der Waals surface area contributed by atoms with E-state index in [2.05, 4.69) is 32.7 Å². The number of para-hydroxylation sites is 2. The van der Waals surface area contributed by atoms with Crippen LogP contribution in [-0.4, -0.2) is 20.0 Å². The average Bonchev–Trinajstić information content (AvgIpc) is 2.96. The molecule has 0 aliphatic rings. The first-order valence-electron chi connectivity index (χ1n) is 6.78. The van der Waals surface area contributed by atoms with E-state index in [9.17, 15) is 0 Å². The van der Waals surface area contributed by atoms with E-state index in [0.717, 1.165) is 27.6 Å². The molecule has 4 rings (SSSR count). The van der Waals surface area contributed by atoms with E-state index in [1.54, 1.807) is 6.20 Å². The van der Waals surface area contributed by atoms with Crippen molar-refractivity contribution < 1.29 is 0 Å². The highest BCUT2D eigenvalue weighted by atomic mass is 15.4. The van der Waals surface area contributed by atoms with Crippen LogP contribution in [0.3, 0.4) is 0 Å². The molecule has 0 radical (unpaired) electrons. The van der Waals surface area contributed by atoms with Crippen LogP contribution in [0.1, 0.15) is 0 Å². The summed E-state index contributed by atoms with van der Waals surface area (Å²) >= 11 is 0. The largest absolute Gasteiger partial charge is 0.364 e. The van der Waals surface area contributed by atoms with Crippen LogP contribution in [0.4, 0.5) is 5.69 Å². The van der Waals surface area contributed by atoms with Crippen LogP contribution in [0.5, 0.6) is 0 Å². The van der Waals surface area contributed by atoms with Gasteiger partial charge >= 0.3 is 0 Å². The summed E-state index contributed by atoms with van der Waals surface area (Å²) in [6, 6.07) is 18.0. The van der Waals surface area contributed by atoms with E-state index in [4.69, 9.17) is 0 Å². The minimum Gasteiger partial charge on any atom is -0.364 e. The molecule has 0 spiro atoms. The number of benzene rings is 2. The van der Waals surface area contributed by atoms with Crippen molar-refractivity contribution in [2.75, 3.05) is 5.32 Å². The van der Waals surface area contributed by atoms with Gasteiger partial charge in [-0.3, -0.25) is 4.98 Å². The standard InChI is InChI=1S/C16H13N5/c1-2-9-15-13(7-1)19-20-21(15)11-18-14-8-3-5-12-6-4-10-17-16(12)14/h1-10,18H,11H2. The molecular formula is C16H13N5. The number of nitrogens with zero attached hydrogens (tertiary/aromatic N) is 4. The molecule has 0 amide bonds. The first-order chi connectivity index (χ1) is 10.4. The summed E-state index contributed by atoms with van der Waals surface area (Å²) in [6.07, 6.45) is 1.80. The Morgan fingerprint density at radius 2 is 1.86 bits per heavy atom. The topological polar surface area (TPSA) is 55.6 Å². The van der Waals surface area contributed by atoms with E-state index >= 15 is 0 Å². The zero-order chi connectivity index (χ0) is 14.1. The van der Waals surface area contributed by atoms with Crippen LogP contribution in [0.2, 0.25) is 0 Å². The number of hydrogen-bond acceptors (Lipinski definition) is 4. The summed E-state index contributed by atoms with van der Waals surface area (Å²) in [5.74, 6) is 0. The number of pyridine rings is 1. The summed E-state index contributed by atoms with van der Waals surface area (Å²) in [4.78, 5) is 4.44. The van der Waals surface area contributed by atoms with Crippen LogP contribution in [0, 0.1) is 0 Å². The van der Waals surface area contributed by atoms with Gasteiger partial charge in [0, 0.05) is 11.6 Å². The molecule has 0 atom stereocenters. The monoisotopic (exact) mass is 275 g/mol. The molecule has 5 nitrogen and oxygen atoms in total. The maximum absolute atomic E-state index is 4.44. The molecule has 102 valence electrons. The van der Waals surface area contributed by atoms with Gasteiger partial charge in [0.25, 0.3) is 0 Å². The summed E-state index contributed by atoms with van der Waals surface area (Å²) in [7, 11) is 0. The summed E-state index contributed by atoms with van der Waals surface area (Å²) in [6.45, 7) is 0.552. The van der Waals surface area contributed by atoms with E-state index < -0.39 is 0 Å². The molecule has 0 saturated carbocycles. The molecule has 2 aromatic carbocycles. The highest BCUT2D eigenvalue weighted by molar-refractivity contribution is 5.90. The molecule has 21 heavy (non-hydrogen) atoms. The SMILES string of the molecule is c1cnc2c(NCn3nnc4ccccc43)cccc2c1. The zero-order valence-corrected chi connectivity index (χ0v) is 11.3. The second-order valence-corrected chi connectivity index (χ2v) is 4.79. The molecule has 0 fully saturated rings. The maximum atomic E-state index is 4.44. The van der Waals surface area contributed by atoms with Gasteiger partial charge in [-0.25, -0.2) is 4.68 Å². The number of nitrogens with one attached hydrogen (secondary N) is 1. The predicted molar refractivity (Wildman–Crippen MR) is 82.9 cm³/mol. The van der Waals surface area contributed by atoms with Gasteiger partial charge in [0.05, 0.1) is 16.7 Å². The Hall–Kier alpha value is -2.95. The van der Waals surface area contributed by atoms with Crippen molar-refractivity contribution >= 4 is 27.6 Å². The maximum Gasteiger partial charge on any atom is 0.113 e. The summed E-state index contributed by atoms with van der Waals surface area (Å²) < 4.78 is 1.84. The fourth-order valence-corrected chi connectivity index (χ4v) is 2.44. The Balaban J connectivity index is 1.67. The third-order valence-corrected chi connectivity index (χ3v) is 3.47. The van der Waals surface area contributed by atoms with Crippen molar-refractivity contribution in [3.63, 3.8) is 0 Å². The van der Waals surface area contributed by atoms with Crippen molar-refractivity contribution in [2.24, 2.45) is 0 Å². The molecule has 0 aliphatic carbocycles. The number of anilines is 1. The van der Waals surface area contributed by atoms with Crippen LogP contribution < -0.4 is 5.32 Å². The number of rotatable bonds is 3. The highest BCUT2D eigenvalue weighted by Gasteiger charge is 2.04. The molecular weight excluding hydrogens is 262 g/mol. The molecule has 0 aliphatic heterocycles. The number of aromatic nitrogens is 4. The normalized spacial score (nSPS) is 11.0. The van der Waals surface area contributed by atoms with E-state index in [0.29, 0.717) is 6.67 Å². The van der Waals surface area contributed by atoms with Gasteiger partial charge in [-0.15, -0.1) is 5.10 Å². The van der Waals surface area contributed by atoms with Crippen molar-refractivity contribution in [3.8, 4) is 0 Å². The first kappa shape index (κ1) is 11.8. The molecule has 0 bridgehead atoms. The van der Waals surface area contributed by atoms with Gasteiger partial charge in [0.2, 0.25) is 0 Å². The van der Waals surface area contributed by atoms with E-state index in [-0.39, 0.29) is 0 Å². The van der Waals surface area contributed by atoms with Gasteiger partial charge in [0.1, 0.15) is 12.2 Å². The van der Waals surface area contributed by atoms with Gasteiger partial charge in [-0.2, -0.15) is 0 Å². The van der Waals surface area contributed by atoms with Gasteiger partial charge < -0.3 is 5.32 Å². The molecule has 2 aromatic heterocycles.